The Hall–Kier alpha value is -0.980. The van der Waals surface area contributed by atoms with Crippen molar-refractivity contribution in [2.45, 2.75) is 91.2 Å². The maximum atomic E-state index is 13.4. The molecule has 0 bridgehead atoms. The number of nitrogens with two attached hydrogens (primary N) is 1. The van der Waals surface area contributed by atoms with E-state index in [9.17, 15) is 3.89 Å². The third-order valence-electron chi connectivity index (χ3n) is 7.98. The summed E-state index contributed by atoms with van der Waals surface area (Å²) in [6.45, 7) is 23.4. The minimum atomic E-state index is -0.0787. The maximum Gasteiger partial charge on any atom is 0.0477 e. The van der Waals surface area contributed by atoms with Crippen molar-refractivity contribution in [3.63, 3.8) is 0 Å². The Kier molecular flexibility index (Phi) is 14.1. The Morgan fingerprint density at radius 2 is 1.78 bits per heavy atom. The standard InChI is InChI=1S/C29H45BrFN3S.C2H6/c1-19(2)16-25-6-7-26(18-21(4)35-31)29(32)28(27(25)22(5)30)24-10-14-34(15-11-24)20(3)17-23-8-12-33-13-9-23;1-2/h16,21,23-24,28,33H,3,5-15,17-18,32H2,1-2,4H3;1-2H3. The molecule has 0 aromatic carbocycles. The molecule has 1 aliphatic carbocycles. The first-order valence-electron chi connectivity index (χ1n) is 14.3. The van der Waals surface area contributed by atoms with E-state index in [4.69, 9.17) is 5.73 Å². The second kappa shape index (κ2) is 16.2. The van der Waals surface area contributed by atoms with Crippen LogP contribution in [0.4, 0.5) is 3.89 Å². The predicted octanol–water partition coefficient (Wildman–Crippen LogP) is 8.82. The van der Waals surface area contributed by atoms with Gasteiger partial charge in [-0.15, -0.1) is 0 Å². The van der Waals surface area contributed by atoms with Crippen molar-refractivity contribution in [1.82, 2.24) is 10.2 Å². The van der Waals surface area contributed by atoms with Crippen LogP contribution in [0.2, 0.25) is 0 Å². The Labute approximate surface area is 239 Å². The van der Waals surface area contributed by atoms with Crippen molar-refractivity contribution in [3.8, 4) is 0 Å². The summed E-state index contributed by atoms with van der Waals surface area (Å²) in [6.07, 6.45) is 10.6. The molecule has 0 saturated carbocycles. The number of nitrogens with zero attached hydrogens (tertiary/aromatic N) is 1. The molecule has 3 aliphatic rings. The SMILES string of the molecule is C=C(Br)C1=C(C=C(C)C)CCC(CC(C)SF)=C(N)C1C1CCN(C(=C)CC2CCNCC2)CC1.CC. The molecule has 3 N–H and O–H groups in total. The second-order valence-electron chi connectivity index (χ2n) is 11.0. The molecule has 2 atom stereocenters. The summed E-state index contributed by atoms with van der Waals surface area (Å²) in [5.41, 5.74) is 14.4. The summed E-state index contributed by atoms with van der Waals surface area (Å²) in [4.78, 5) is 2.52. The van der Waals surface area contributed by atoms with Crippen molar-refractivity contribution in [2.75, 3.05) is 26.2 Å². The van der Waals surface area contributed by atoms with Gasteiger partial charge in [0.25, 0.3) is 0 Å². The Bertz CT molecular complexity index is 860. The zero-order valence-corrected chi connectivity index (χ0v) is 26.4. The average molecular weight is 597 g/mol. The Balaban J connectivity index is 0.00000235. The highest BCUT2D eigenvalue weighted by atomic mass is 79.9. The van der Waals surface area contributed by atoms with Gasteiger partial charge in [-0.05, 0) is 107 Å². The van der Waals surface area contributed by atoms with Crippen LogP contribution in [0.1, 0.15) is 86.0 Å². The molecule has 37 heavy (non-hydrogen) atoms. The molecule has 2 saturated heterocycles. The van der Waals surface area contributed by atoms with Gasteiger partial charge in [0.1, 0.15) is 0 Å². The Morgan fingerprint density at radius 3 is 2.32 bits per heavy atom. The van der Waals surface area contributed by atoms with E-state index >= 15 is 0 Å². The van der Waals surface area contributed by atoms with Crippen molar-refractivity contribution in [1.29, 1.82) is 0 Å². The normalized spacial score (nSPS) is 22.7. The van der Waals surface area contributed by atoms with Gasteiger partial charge >= 0.3 is 0 Å². The van der Waals surface area contributed by atoms with Crippen LogP contribution < -0.4 is 11.1 Å². The highest BCUT2D eigenvalue weighted by molar-refractivity contribution is 9.11. The summed E-state index contributed by atoms with van der Waals surface area (Å²) < 4.78 is 14.3. The lowest BCUT2D eigenvalue weighted by Crippen LogP contribution is -2.38. The van der Waals surface area contributed by atoms with Gasteiger partial charge < -0.3 is 16.0 Å². The van der Waals surface area contributed by atoms with Gasteiger partial charge in [0, 0.05) is 52.3 Å². The van der Waals surface area contributed by atoms with Crippen LogP contribution in [-0.2, 0) is 0 Å². The van der Waals surface area contributed by atoms with Crippen molar-refractivity contribution < 1.29 is 3.89 Å². The first-order chi connectivity index (χ1) is 17.7. The van der Waals surface area contributed by atoms with Crippen molar-refractivity contribution >= 4 is 28.1 Å². The molecule has 0 spiro atoms. The molecule has 0 aromatic heterocycles. The van der Waals surface area contributed by atoms with E-state index in [1.807, 2.05) is 20.8 Å². The van der Waals surface area contributed by atoms with Crippen molar-refractivity contribution in [2.24, 2.45) is 23.5 Å². The molecule has 2 aliphatic heterocycles. The highest BCUT2D eigenvalue weighted by Crippen LogP contribution is 2.45. The van der Waals surface area contributed by atoms with Gasteiger partial charge in [-0.25, -0.2) is 0 Å². The molecule has 2 fully saturated rings. The van der Waals surface area contributed by atoms with Crippen LogP contribution in [0, 0.1) is 17.8 Å². The predicted molar refractivity (Wildman–Crippen MR) is 166 cm³/mol. The lowest BCUT2D eigenvalue weighted by molar-refractivity contribution is 0.190. The third-order valence-corrected chi connectivity index (χ3v) is 8.88. The van der Waals surface area contributed by atoms with E-state index < -0.39 is 0 Å². The van der Waals surface area contributed by atoms with E-state index in [1.54, 1.807) is 0 Å². The van der Waals surface area contributed by atoms with Gasteiger partial charge in [0.15, 0.2) is 0 Å². The first kappa shape index (κ1) is 32.2. The average Bonchev–Trinajstić information content (AvgIpc) is 3.02. The lowest BCUT2D eigenvalue weighted by atomic mass is 9.75. The molecule has 0 aromatic rings. The summed E-state index contributed by atoms with van der Waals surface area (Å²) in [7, 11) is 0. The number of likely N-dealkylation sites (tertiary alicyclic amines) is 1. The van der Waals surface area contributed by atoms with Crippen LogP contribution >= 0.6 is 28.1 Å². The maximum absolute atomic E-state index is 13.4. The van der Waals surface area contributed by atoms with E-state index in [2.05, 4.69) is 59.2 Å². The minimum Gasteiger partial charge on any atom is -0.402 e. The zero-order chi connectivity index (χ0) is 27.5. The summed E-state index contributed by atoms with van der Waals surface area (Å²) in [5.74, 6) is 1.34. The monoisotopic (exact) mass is 595 g/mol. The fraction of sp³-hybridized carbons (Fsp3) is 0.677. The molecular weight excluding hydrogens is 545 g/mol. The molecule has 2 unspecified atom stereocenters. The molecule has 3 rings (SSSR count). The second-order valence-corrected chi connectivity index (χ2v) is 12.9. The number of nitrogens with one attached hydrogen (secondary N) is 1. The van der Waals surface area contributed by atoms with Crippen LogP contribution in [0.15, 0.2) is 57.4 Å². The quantitative estimate of drug-likeness (QED) is 0.279. The fourth-order valence-electron chi connectivity index (χ4n) is 6.17. The van der Waals surface area contributed by atoms with E-state index in [0.717, 1.165) is 74.4 Å². The molecule has 6 heteroatoms. The number of hydrogen-bond acceptors (Lipinski definition) is 4. The molecule has 2 heterocycles. The van der Waals surface area contributed by atoms with E-state index in [1.165, 1.54) is 40.8 Å². The van der Waals surface area contributed by atoms with Crippen LogP contribution in [0.5, 0.6) is 0 Å². The molecule has 0 amide bonds. The third kappa shape index (κ3) is 9.32. The number of hydrogen-bond donors (Lipinski definition) is 2. The van der Waals surface area contributed by atoms with Gasteiger partial charge in [0.05, 0.1) is 0 Å². The summed E-state index contributed by atoms with van der Waals surface area (Å²) in [6, 6.07) is 0. The van der Waals surface area contributed by atoms with Crippen LogP contribution in [-0.4, -0.2) is 36.3 Å². The molecule has 0 radical (unpaired) electrons. The van der Waals surface area contributed by atoms with E-state index in [-0.39, 0.29) is 11.2 Å². The van der Waals surface area contributed by atoms with E-state index in [0.29, 0.717) is 24.5 Å². The zero-order valence-electron chi connectivity index (χ0n) is 24.0. The first-order valence-corrected chi connectivity index (χ1v) is 15.9. The molecule has 3 nitrogen and oxygen atoms in total. The number of piperidine rings is 2. The van der Waals surface area contributed by atoms with Gasteiger partial charge in [-0.1, -0.05) is 61.5 Å². The largest absolute Gasteiger partial charge is 0.402 e. The number of rotatable bonds is 9. The smallest absolute Gasteiger partial charge is 0.0477 e. The number of allylic oxidation sites excluding steroid dienone is 7. The summed E-state index contributed by atoms with van der Waals surface area (Å²) >= 11 is 4.19. The molecule has 210 valence electrons. The van der Waals surface area contributed by atoms with Gasteiger partial charge in [-0.3, -0.25) is 0 Å². The minimum absolute atomic E-state index is 0.0787. The highest BCUT2D eigenvalue weighted by Gasteiger charge is 2.36. The Morgan fingerprint density at radius 1 is 1.16 bits per heavy atom. The van der Waals surface area contributed by atoms with Crippen molar-refractivity contribution in [3.05, 3.63) is 57.4 Å². The van der Waals surface area contributed by atoms with Gasteiger partial charge in [-0.2, -0.15) is 3.89 Å². The number of halogens is 2. The topological polar surface area (TPSA) is 41.3 Å². The van der Waals surface area contributed by atoms with Gasteiger partial charge in [0.2, 0.25) is 0 Å². The molecular formula is C31H51BrFN3S. The lowest BCUT2D eigenvalue weighted by Gasteiger charge is -2.40. The van der Waals surface area contributed by atoms with Crippen LogP contribution in [0.25, 0.3) is 0 Å². The van der Waals surface area contributed by atoms with Crippen LogP contribution in [0.3, 0.4) is 0 Å². The summed E-state index contributed by atoms with van der Waals surface area (Å²) in [5, 5.41) is 3.39. The fourth-order valence-corrected chi connectivity index (χ4v) is 6.93.